The van der Waals surface area contributed by atoms with Crippen LogP contribution in [-0.4, -0.2) is 91.9 Å². The van der Waals surface area contributed by atoms with Crippen molar-refractivity contribution in [3.63, 3.8) is 0 Å². The average Bonchev–Trinajstić information content (AvgIpc) is 3.58. The summed E-state index contributed by atoms with van der Waals surface area (Å²) in [5, 5.41) is 64.6. The first-order chi connectivity index (χ1) is 20.4. The molecule has 0 aromatic carbocycles. The van der Waals surface area contributed by atoms with E-state index >= 15 is 0 Å². The number of fused-ring (bicyclic) bond motifs is 3. The fourth-order valence-corrected chi connectivity index (χ4v) is 12.6. The van der Waals surface area contributed by atoms with Gasteiger partial charge in [-0.25, -0.2) is 0 Å². The predicted octanol–water partition coefficient (Wildman–Crippen LogP) is 3.03. The van der Waals surface area contributed by atoms with Gasteiger partial charge in [0, 0.05) is 10.8 Å². The van der Waals surface area contributed by atoms with Crippen LogP contribution in [0.25, 0.3) is 0 Å². The molecule has 5 fully saturated rings. The summed E-state index contributed by atoms with van der Waals surface area (Å²) < 4.78 is 18.6. The van der Waals surface area contributed by atoms with E-state index in [-0.39, 0.29) is 45.7 Å². The second kappa shape index (κ2) is 9.65. The summed E-state index contributed by atoms with van der Waals surface area (Å²) in [6.07, 6.45) is 0.672. The first-order valence-electron chi connectivity index (χ1n) is 17.2. The minimum absolute atomic E-state index is 0.0638. The molecule has 2 spiro atoms. The van der Waals surface area contributed by atoms with Crippen molar-refractivity contribution in [2.45, 2.75) is 154 Å². The molecule has 6 N–H and O–H groups in total. The standard InChI is InChI=1S/C35H56O9/c1-17-14-19(27(39)31(4,5)41)43-26-23(17)32(6)12-13-35-16-34(35)11-10-22(44-29-25(38)24(37)18(36)15-42-29)30(2,3)20(34)8-9-21(35)33(32,7)28(26)40/h17-22,24-25,27-29,36-41H,8-16H2,1-7H3/t17-,18+,19-,20+,21+,22+,24+,25-,27+,28+,29+,32-,33-,34-,35+/m1/s1. The van der Waals surface area contributed by atoms with Gasteiger partial charge in [-0.05, 0) is 105 Å². The maximum Gasteiger partial charge on any atom is 0.186 e. The minimum Gasteiger partial charge on any atom is -0.489 e. The number of hydrogen-bond acceptors (Lipinski definition) is 9. The predicted molar refractivity (Wildman–Crippen MR) is 161 cm³/mol. The molecule has 9 nitrogen and oxygen atoms in total. The van der Waals surface area contributed by atoms with Gasteiger partial charge in [0.15, 0.2) is 6.29 Å². The average molecular weight is 621 g/mol. The third kappa shape index (κ3) is 3.81. The van der Waals surface area contributed by atoms with E-state index in [0.29, 0.717) is 24.0 Å². The Balaban J connectivity index is 1.15. The molecule has 15 atom stereocenters. The Hall–Kier alpha value is -0.780. The van der Waals surface area contributed by atoms with Gasteiger partial charge in [0.25, 0.3) is 0 Å². The highest BCUT2D eigenvalue weighted by Gasteiger charge is 2.83. The Morgan fingerprint density at radius 2 is 1.57 bits per heavy atom. The van der Waals surface area contributed by atoms with Crippen LogP contribution in [0.1, 0.15) is 99.8 Å². The lowest BCUT2D eigenvalue weighted by molar-refractivity contribution is -0.303. The Morgan fingerprint density at radius 3 is 2.25 bits per heavy atom. The second-order valence-corrected chi connectivity index (χ2v) is 17.6. The van der Waals surface area contributed by atoms with Gasteiger partial charge in [-0.15, -0.1) is 0 Å². The summed E-state index contributed by atoms with van der Waals surface area (Å²) in [5.41, 5.74) is -0.502. The van der Waals surface area contributed by atoms with Crippen LogP contribution < -0.4 is 0 Å². The monoisotopic (exact) mass is 620 g/mol. The number of ether oxygens (including phenoxy) is 3. The first kappa shape index (κ1) is 31.8. The molecule has 4 saturated carbocycles. The van der Waals surface area contributed by atoms with Crippen molar-refractivity contribution >= 4 is 0 Å². The van der Waals surface area contributed by atoms with E-state index in [1.165, 1.54) is 12.0 Å². The van der Waals surface area contributed by atoms with E-state index in [2.05, 4.69) is 34.6 Å². The van der Waals surface area contributed by atoms with Crippen molar-refractivity contribution in [1.82, 2.24) is 0 Å². The molecular formula is C35H56O9. The van der Waals surface area contributed by atoms with E-state index in [1.807, 2.05) is 0 Å². The van der Waals surface area contributed by atoms with E-state index in [0.717, 1.165) is 38.5 Å². The van der Waals surface area contributed by atoms with Crippen molar-refractivity contribution in [3.05, 3.63) is 11.3 Å². The summed E-state index contributed by atoms with van der Waals surface area (Å²) in [7, 11) is 0. The first-order valence-corrected chi connectivity index (χ1v) is 17.2. The minimum atomic E-state index is -1.30. The number of aliphatic hydroxyl groups is 6. The zero-order chi connectivity index (χ0) is 32.0. The maximum atomic E-state index is 12.3. The van der Waals surface area contributed by atoms with Crippen LogP contribution in [-0.2, 0) is 14.2 Å². The Labute approximate surface area is 262 Å². The van der Waals surface area contributed by atoms with Crippen LogP contribution in [0.4, 0.5) is 0 Å². The van der Waals surface area contributed by atoms with Crippen LogP contribution >= 0.6 is 0 Å². The number of aliphatic hydroxyl groups excluding tert-OH is 5. The largest absolute Gasteiger partial charge is 0.489 e. The summed E-state index contributed by atoms with van der Waals surface area (Å²) in [5.74, 6) is 1.57. The lowest BCUT2D eigenvalue weighted by Crippen LogP contribution is -2.61. The third-order valence-corrected chi connectivity index (χ3v) is 15.0. The molecule has 9 heteroatoms. The molecule has 7 aliphatic rings. The normalized spacial score (nSPS) is 55.1. The molecule has 0 radical (unpaired) electrons. The summed E-state index contributed by atoms with van der Waals surface area (Å²) in [6.45, 7) is 14.6. The quantitative estimate of drug-likeness (QED) is 0.261. The summed E-state index contributed by atoms with van der Waals surface area (Å²) in [4.78, 5) is 0. The van der Waals surface area contributed by atoms with Gasteiger partial charge >= 0.3 is 0 Å². The molecule has 44 heavy (non-hydrogen) atoms. The van der Waals surface area contributed by atoms with Gasteiger partial charge in [-0.2, -0.15) is 0 Å². The molecule has 2 aliphatic heterocycles. The van der Waals surface area contributed by atoms with Crippen LogP contribution in [0.2, 0.25) is 0 Å². The van der Waals surface area contributed by atoms with Crippen LogP contribution in [0.5, 0.6) is 0 Å². The van der Waals surface area contributed by atoms with Gasteiger partial charge in [0.1, 0.15) is 42.4 Å². The third-order valence-electron chi connectivity index (χ3n) is 15.0. The van der Waals surface area contributed by atoms with E-state index in [1.54, 1.807) is 13.8 Å². The zero-order valence-corrected chi connectivity index (χ0v) is 27.6. The smallest absolute Gasteiger partial charge is 0.186 e. The van der Waals surface area contributed by atoms with E-state index in [4.69, 9.17) is 14.2 Å². The van der Waals surface area contributed by atoms with Crippen LogP contribution in [0, 0.1) is 44.8 Å². The number of hydrogen-bond donors (Lipinski definition) is 6. The van der Waals surface area contributed by atoms with Crippen molar-refractivity contribution in [2.24, 2.45) is 44.8 Å². The van der Waals surface area contributed by atoms with Crippen molar-refractivity contribution in [3.8, 4) is 0 Å². The molecule has 5 aliphatic carbocycles. The van der Waals surface area contributed by atoms with Gasteiger partial charge in [-0.1, -0.05) is 34.6 Å². The lowest BCUT2D eigenvalue weighted by atomic mass is 9.41. The summed E-state index contributed by atoms with van der Waals surface area (Å²) >= 11 is 0. The van der Waals surface area contributed by atoms with Crippen molar-refractivity contribution in [2.75, 3.05) is 6.61 Å². The molecule has 0 bridgehead atoms. The van der Waals surface area contributed by atoms with Crippen LogP contribution in [0.3, 0.4) is 0 Å². The zero-order valence-electron chi connectivity index (χ0n) is 27.6. The molecule has 0 aromatic rings. The summed E-state index contributed by atoms with van der Waals surface area (Å²) in [6, 6.07) is 0. The highest BCUT2D eigenvalue weighted by Crippen LogP contribution is 2.89. The molecule has 2 heterocycles. The van der Waals surface area contributed by atoms with E-state index < -0.39 is 48.5 Å². The number of allylic oxidation sites excluding steroid dienone is 1. The number of rotatable bonds is 4. The molecule has 7 rings (SSSR count). The molecular weight excluding hydrogens is 564 g/mol. The maximum absolute atomic E-state index is 12.3. The van der Waals surface area contributed by atoms with Gasteiger partial charge < -0.3 is 44.8 Å². The molecule has 0 aromatic heterocycles. The fraction of sp³-hybridized carbons (Fsp3) is 0.943. The van der Waals surface area contributed by atoms with Crippen molar-refractivity contribution in [1.29, 1.82) is 0 Å². The molecule has 0 unspecified atom stereocenters. The molecule has 250 valence electrons. The Bertz CT molecular complexity index is 1210. The highest BCUT2D eigenvalue weighted by molar-refractivity contribution is 5.43. The van der Waals surface area contributed by atoms with Crippen molar-refractivity contribution < 1.29 is 44.8 Å². The van der Waals surface area contributed by atoms with Crippen LogP contribution in [0.15, 0.2) is 11.3 Å². The van der Waals surface area contributed by atoms with Gasteiger partial charge in [0.2, 0.25) is 0 Å². The fourth-order valence-electron chi connectivity index (χ4n) is 12.6. The Kier molecular flexibility index (Phi) is 6.97. The molecule has 1 saturated heterocycles. The van der Waals surface area contributed by atoms with Gasteiger partial charge in [-0.3, -0.25) is 0 Å². The molecule has 0 amide bonds. The topological polar surface area (TPSA) is 149 Å². The Morgan fingerprint density at radius 1 is 0.909 bits per heavy atom. The second-order valence-electron chi connectivity index (χ2n) is 17.6. The highest BCUT2D eigenvalue weighted by atomic mass is 16.7. The lowest BCUT2D eigenvalue weighted by Gasteiger charge is -2.63. The van der Waals surface area contributed by atoms with E-state index in [9.17, 15) is 30.6 Å². The SMILES string of the molecule is C[C@@H]1C[C@H]([C@H](O)C(C)(C)O)OC2=C1[C@@]1(C)CC[C@@]34C[C@@]35CC[C@H](O[C@@H]3OC[C@H](O)[C@H](O)[C@H]3O)C(C)(C)[C@@H]5CC[C@H]4[C@]1(C)[C@H]2O. The van der Waals surface area contributed by atoms with Gasteiger partial charge in [0.05, 0.1) is 18.3 Å².